The molecule has 4 heteroatoms. The molecular formula is C16H14N2O2. The van der Waals surface area contributed by atoms with E-state index >= 15 is 0 Å². The number of carbonyl (C=O) groups excluding carboxylic acids is 1. The van der Waals surface area contributed by atoms with Crippen LogP contribution >= 0.6 is 0 Å². The minimum atomic E-state index is -0.506. The lowest BCUT2D eigenvalue weighted by atomic mass is 10.1. The molecule has 1 N–H and O–H groups in total. The van der Waals surface area contributed by atoms with Gasteiger partial charge in [-0.15, -0.1) is 0 Å². The van der Waals surface area contributed by atoms with Crippen molar-refractivity contribution in [3.8, 4) is 0 Å². The second-order valence-electron chi connectivity index (χ2n) is 4.57. The lowest BCUT2D eigenvalue weighted by Gasteiger charge is -2.20. The molecule has 3 rings (SSSR count). The van der Waals surface area contributed by atoms with Gasteiger partial charge in [-0.2, -0.15) is 0 Å². The van der Waals surface area contributed by atoms with Crippen molar-refractivity contribution in [1.29, 1.82) is 0 Å². The Morgan fingerprint density at radius 2 is 1.65 bits per heavy atom. The van der Waals surface area contributed by atoms with Crippen molar-refractivity contribution in [3.63, 3.8) is 0 Å². The van der Waals surface area contributed by atoms with Crippen molar-refractivity contribution in [1.82, 2.24) is 5.48 Å². The van der Waals surface area contributed by atoms with Crippen LogP contribution in [0.25, 0.3) is 0 Å². The first kappa shape index (κ1) is 12.4. The maximum atomic E-state index is 11.8. The third-order valence-electron chi connectivity index (χ3n) is 3.12. The molecule has 0 aliphatic carbocycles. The molecule has 0 bridgehead atoms. The van der Waals surface area contributed by atoms with E-state index in [1.165, 1.54) is 0 Å². The largest absolute Gasteiger partial charge is 0.356 e. The van der Waals surface area contributed by atoms with Gasteiger partial charge >= 0.3 is 5.97 Å². The van der Waals surface area contributed by atoms with Gasteiger partial charge in [0.2, 0.25) is 0 Å². The van der Waals surface area contributed by atoms with Crippen LogP contribution in [0.15, 0.2) is 65.7 Å². The van der Waals surface area contributed by atoms with Crippen LogP contribution in [0.4, 0.5) is 0 Å². The zero-order chi connectivity index (χ0) is 13.8. The van der Waals surface area contributed by atoms with Crippen LogP contribution in [0.1, 0.15) is 11.1 Å². The molecule has 2 aromatic carbocycles. The first-order valence-electron chi connectivity index (χ1n) is 6.47. The zero-order valence-electron chi connectivity index (χ0n) is 10.8. The number of benzene rings is 2. The minimum absolute atomic E-state index is 0.353. The second kappa shape index (κ2) is 5.57. The molecule has 100 valence electrons. The SMILES string of the molecule is O=C1ONC(c2ccccc2)=NC1Cc1ccccc1. The quantitative estimate of drug-likeness (QED) is 0.925. The predicted molar refractivity (Wildman–Crippen MR) is 76.1 cm³/mol. The van der Waals surface area contributed by atoms with Gasteiger partial charge in [0.1, 0.15) is 0 Å². The standard InChI is InChI=1S/C16H14N2O2/c19-16-14(11-12-7-3-1-4-8-12)17-15(18-20-16)13-9-5-2-6-10-13/h1-10,14H,11H2,(H,17,18). The van der Waals surface area contributed by atoms with E-state index in [4.69, 9.17) is 4.84 Å². The number of aliphatic imine (C=N–C) groups is 1. The minimum Gasteiger partial charge on any atom is -0.339 e. The van der Waals surface area contributed by atoms with Crippen LogP contribution in [0.5, 0.6) is 0 Å². The summed E-state index contributed by atoms with van der Waals surface area (Å²) in [4.78, 5) is 21.3. The Bertz CT molecular complexity index is 623. The van der Waals surface area contributed by atoms with Gasteiger partial charge < -0.3 is 4.84 Å². The van der Waals surface area contributed by atoms with E-state index in [9.17, 15) is 4.79 Å². The number of amidine groups is 1. The molecule has 0 amide bonds. The summed E-state index contributed by atoms with van der Waals surface area (Å²) < 4.78 is 0. The summed E-state index contributed by atoms with van der Waals surface area (Å²) in [5.74, 6) is 0.236. The van der Waals surface area contributed by atoms with E-state index in [0.717, 1.165) is 11.1 Å². The molecule has 4 nitrogen and oxygen atoms in total. The number of nitrogens with zero attached hydrogens (tertiary/aromatic N) is 1. The monoisotopic (exact) mass is 266 g/mol. The second-order valence-corrected chi connectivity index (χ2v) is 4.57. The van der Waals surface area contributed by atoms with Crippen LogP contribution in [0, 0.1) is 0 Å². The Morgan fingerprint density at radius 3 is 2.35 bits per heavy atom. The van der Waals surface area contributed by atoms with E-state index in [-0.39, 0.29) is 5.97 Å². The predicted octanol–water partition coefficient (Wildman–Crippen LogP) is 2.11. The highest BCUT2D eigenvalue weighted by Crippen LogP contribution is 2.12. The van der Waals surface area contributed by atoms with Crippen molar-refractivity contribution in [2.75, 3.05) is 0 Å². The summed E-state index contributed by atoms with van der Waals surface area (Å²) in [6, 6.07) is 18.9. The van der Waals surface area contributed by atoms with Crippen LogP contribution in [0.3, 0.4) is 0 Å². The molecule has 1 aliphatic heterocycles. The van der Waals surface area contributed by atoms with Crippen molar-refractivity contribution >= 4 is 11.8 Å². The van der Waals surface area contributed by atoms with Gasteiger partial charge in [0.25, 0.3) is 0 Å². The number of nitrogens with one attached hydrogen (secondary N) is 1. The van der Waals surface area contributed by atoms with Crippen molar-refractivity contribution < 1.29 is 9.63 Å². The molecule has 0 spiro atoms. The van der Waals surface area contributed by atoms with Gasteiger partial charge in [-0.3, -0.25) is 0 Å². The van der Waals surface area contributed by atoms with Gasteiger partial charge in [0.05, 0.1) is 0 Å². The molecule has 2 aromatic rings. The van der Waals surface area contributed by atoms with E-state index in [1.807, 2.05) is 60.7 Å². The zero-order valence-corrected chi connectivity index (χ0v) is 10.8. The van der Waals surface area contributed by atoms with Gasteiger partial charge in [-0.05, 0) is 5.56 Å². The lowest BCUT2D eigenvalue weighted by Crippen LogP contribution is -2.40. The summed E-state index contributed by atoms with van der Waals surface area (Å²) in [7, 11) is 0. The van der Waals surface area contributed by atoms with Gasteiger partial charge in [0, 0.05) is 12.0 Å². The lowest BCUT2D eigenvalue weighted by molar-refractivity contribution is -0.150. The van der Waals surface area contributed by atoms with Gasteiger partial charge in [-0.25, -0.2) is 15.3 Å². The van der Waals surface area contributed by atoms with Gasteiger partial charge in [0.15, 0.2) is 11.9 Å². The fourth-order valence-corrected chi connectivity index (χ4v) is 2.10. The Morgan fingerprint density at radius 1 is 1.00 bits per heavy atom. The molecule has 1 unspecified atom stereocenters. The highest BCUT2D eigenvalue weighted by Gasteiger charge is 2.26. The highest BCUT2D eigenvalue weighted by atomic mass is 16.7. The highest BCUT2D eigenvalue weighted by molar-refractivity contribution is 6.01. The Hall–Kier alpha value is -2.62. The van der Waals surface area contributed by atoms with Crippen LogP contribution < -0.4 is 5.48 Å². The summed E-state index contributed by atoms with van der Waals surface area (Å²) in [6.45, 7) is 0. The summed E-state index contributed by atoms with van der Waals surface area (Å²) >= 11 is 0. The van der Waals surface area contributed by atoms with E-state index in [0.29, 0.717) is 12.3 Å². The van der Waals surface area contributed by atoms with E-state index in [1.54, 1.807) is 0 Å². The summed E-state index contributed by atoms with van der Waals surface area (Å²) in [6.07, 6.45) is 0.539. The van der Waals surface area contributed by atoms with E-state index in [2.05, 4.69) is 10.5 Å². The first-order valence-corrected chi connectivity index (χ1v) is 6.47. The third kappa shape index (κ3) is 2.69. The normalized spacial score (nSPS) is 17.9. The summed E-state index contributed by atoms with van der Waals surface area (Å²) in [5, 5.41) is 0. The Balaban J connectivity index is 1.84. The number of hydrogen-bond donors (Lipinski definition) is 1. The molecule has 1 aliphatic rings. The molecule has 0 saturated heterocycles. The molecule has 0 aromatic heterocycles. The van der Waals surface area contributed by atoms with Crippen LogP contribution in [-0.2, 0) is 16.1 Å². The van der Waals surface area contributed by atoms with Crippen LogP contribution in [-0.4, -0.2) is 17.8 Å². The molecule has 0 radical (unpaired) electrons. The topological polar surface area (TPSA) is 50.7 Å². The Kier molecular flexibility index (Phi) is 3.46. The van der Waals surface area contributed by atoms with Crippen molar-refractivity contribution in [2.24, 2.45) is 4.99 Å². The molecule has 1 heterocycles. The number of carbonyl (C=O) groups is 1. The third-order valence-corrected chi connectivity index (χ3v) is 3.12. The maximum absolute atomic E-state index is 11.8. The fraction of sp³-hybridized carbons (Fsp3) is 0.125. The van der Waals surface area contributed by atoms with Gasteiger partial charge in [-0.1, -0.05) is 60.7 Å². The summed E-state index contributed by atoms with van der Waals surface area (Å²) in [5.41, 5.74) is 4.56. The Labute approximate surface area is 117 Å². The van der Waals surface area contributed by atoms with E-state index < -0.39 is 6.04 Å². The molecule has 20 heavy (non-hydrogen) atoms. The average Bonchev–Trinajstić information content (AvgIpc) is 2.51. The number of hydrogen-bond acceptors (Lipinski definition) is 4. The molecule has 0 saturated carbocycles. The van der Waals surface area contributed by atoms with Crippen LogP contribution in [0.2, 0.25) is 0 Å². The maximum Gasteiger partial charge on any atom is 0.356 e. The molecule has 1 atom stereocenters. The average molecular weight is 266 g/mol. The van der Waals surface area contributed by atoms with Crippen molar-refractivity contribution in [2.45, 2.75) is 12.5 Å². The number of hydroxylamine groups is 1. The smallest absolute Gasteiger partial charge is 0.339 e. The fourth-order valence-electron chi connectivity index (χ4n) is 2.10. The van der Waals surface area contributed by atoms with Crippen molar-refractivity contribution in [3.05, 3.63) is 71.8 Å². The molecule has 0 fully saturated rings. The first-order chi connectivity index (χ1) is 9.83. The molecular weight excluding hydrogens is 252 g/mol. The number of rotatable bonds is 3.